The Kier molecular flexibility index (Phi) is 8.25. The van der Waals surface area contributed by atoms with Gasteiger partial charge >= 0.3 is 0 Å². The summed E-state index contributed by atoms with van der Waals surface area (Å²) in [6.07, 6.45) is 0. The van der Waals surface area contributed by atoms with E-state index in [1.54, 1.807) is 18.2 Å². The highest BCUT2D eigenvalue weighted by Crippen LogP contribution is 2.08. The summed E-state index contributed by atoms with van der Waals surface area (Å²) in [6, 6.07) is 16.0. The number of rotatable bonds is 9. The van der Waals surface area contributed by atoms with E-state index in [1.165, 1.54) is 19.1 Å². The van der Waals surface area contributed by atoms with Crippen LogP contribution in [0.15, 0.2) is 54.6 Å². The highest BCUT2D eigenvalue weighted by molar-refractivity contribution is 7.84. The Labute approximate surface area is 171 Å². The number of amides is 2. The van der Waals surface area contributed by atoms with Crippen molar-refractivity contribution in [1.82, 2.24) is 10.6 Å². The first-order chi connectivity index (χ1) is 13.9. The zero-order chi connectivity index (χ0) is 21.2. The molecule has 2 amide bonds. The lowest BCUT2D eigenvalue weighted by atomic mass is 10.1. The molecule has 150 valence electrons. The Morgan fingerprint density at radius 1 is 1.07 bits per heavy atom. The Balaban J connectivity index is 2.12. The van der Waals surface area contributed by atoms with E-state index >= 15 is 0 Å². The van der Waals surface area contributed by atoms with Gasteiger partial charge in [-0.25, -0.2) is 0 Å². The van der Waals surface area contributed by atoms with Crippen molar-refractivity contribution in [3.63, 3.8) is 0 Å². The minimum atomic E-state index is -1.42. The molecule has 0 aromatic heterocycles. The lowest BCUT2D eigenvalue weighted by Gasteiger charge is -2.18. The second kappa shape index (κ2) is 10.9. The first-order valence-electron chi connectivity index (χ1n) is 8.86. The van der Waals surface area contributed by atoms with Gasteiger partial charge in [-0.15, -0.1) is 0 Å². The van der Waals surface area contributed by atoms with Gasteiger partial charge in [-0.2, -0.15) is 5.26 Å². The molecule has 29 heavy (non-hydrogen) atoms. The fraction of sp³-hybridized carbons (Fsp3) is 0.238. The Morgan fingerprint density at radius 2 is 1.76 bits per heavy atom. The van der Waals surface area contributed by atoms with Crippen molar-refractivity contribution in [2.45, 2.75) is 18.7 Å². The van der Waals surface area contributed by atoms with Crippen LogP contribution < -0.4 is 10.6 Å². The van der Waals surface area contributed by atoms with Crippen molar-refractivity contribution in [2.75, 3.05) is 12.3 Å². The number of hydrogen-bond donors (Lipinski definition) is 2. The second-order valence-corrected chi connectivity index (χ2v) is 7.78. The van der Waals surface area contributed by atoms with Gasteiger partial charge in [-0.05, 0) is 24.6 Å². The molecular weight excluding hydrogens is 390 g/mol. The maximum Gasteiger partial charge on any atom is 0.251 e. The van der Waals surface area contributed by atoms with Crippen molar-refractivity contribution in [3.05, 3.63) is 71.3 Å². The predicted octanol–water partition coefficient (Wildman–Crippen LogP) is 1.58. The van der Waals surface area contributed by atoms with Crippen LogP contribution in [0.5, 0.6) is 0 Å². The summed E-state index contributed by atoms with van der Waals surface area (Å²) in [5.74, 6) is -1.22. The van der Waals surface area contributed by atoms with E-state index in [-0.39, 0.29) is 29.4 Å². The average molecular weight is 411 g/mol. The zero-order valence-electron chi connectivity index (χ0n) is 15.9. The normalized spacial score (nSPS) is 12.3. The summed E-state index contributed by atoms with van der Waals surface area (Å²) in [4.78, 5) is 36.5. The molecule has 2 rings (SSSR count). The SMILES string of the molecule is CC(=O)c1cccc(C(=O)N[C@@H](CS(=O)Cc2ccccc2)C(=O)NCC#N)c1. The smallest absolute Gasteiger partial charge is 0.251 e. The number of ketones is 1. The van der Waals surface area contributed by atoms with Gasteiger partial charge in [0.05, 0.1) is 11.8 Å². The van der Waals surface area contributed by atoms with Crippen LogP contribution in [-0.2, 0) is 21.3 Å². The van der Waals surface area contributed by atoms with E-state index in [1.807, 2.05) is 30.3 Å². The summed E-state index contributed by atoms with van der Waals surface area (Å²) >= 11 is 0. The minimum Gasteiger partial charge on any atom is -0.341 e. The van der Waals surface area contributed by atoms with Crippen molar-refractivity contribution in [3.8, 4) is 6.07 Å². The molecule has 0 aliphatic rings. The van der Waals surface area contributed by atoms with Crippen molar-refractivity contribution >= 4 is 28.4 Å². The number of benzene rings is 2. The molecule has 0 radical (unpaired) electrons. The van der Waals surface area contributed by atoms with Crippen LogP contribution in [0.25, 0.3) is 0 Å². The fourth-order valence-corrected chi connectivity index (χ4v) is 3.85. The molecule has 2 atom stereocenters. The first kappa shape index (κ1) is 22.0. The number of nitrogens with zero attached hydrogens (tertiary/aromatic N) is 1. The third-order valence-corrected chi connectivity index (χ3v) is 5.38. The molecule has 0 saturated heterocycles. The minimum absolute atomic E-state index is 0.107. The Hall–Kier alpha value is -3.31. The van der Waals surface area contributed by atoms with Crippen LogP contribution in [-0.4, -0.2) is 40.1 Å². The third kappa shape index (κ3) is 6.97. The lowest BCUT2D eigenvalue weighted by molar-refractivity contribution is -0.122. The highest BCUT2D eigenvalue weighted by atomic mass is 32.2. The molecule has 0 bridgehead atoms. The number of Topliss-reactive ketones (excluding diaryl/α,β-unsaturated/α-hetero) is 1. The Morgan fingerprint density at radius 3 is 2.41 bits per heavy atom. The highest BCUT2D eigenvalue weighted by Gasteiger charge is 2.24. The van der Waals surface area contributed by atoms with Crippen LogP contribution in [0.4, 0.5) is 0 Å². The van der Waals surface area contributed by atoms with Crippen LogP contribution in [0.1, 0.15) is 33.2 Å². The summed E-state index contributed by atoms with van der Waals surface area (Å²) in [5, 5.41) is 13.6. The topological polar surface area (TPSA) is 116 Å². The molecule has 0 aliphatic carbocycles. The van der Waals surface area contributed by atoms with Crippen LogP contribution in [0, 0.1) is 11.3 Å². The second-order valence-electron chi connectivity index (χ2n) is 6.28. The number of carbonyl (C=O) groups is 3. The van der Waals surface area contributed by atoms with Crippen molar-refractivity contribution in [1.29, 1.82) is 5.26 Å². The summed E-state index contributed by atoms with van der Waals surface area (Å²) in [6.45, 7) is 1.16. The van der Waals surface area contributed by atoms with Gasteiger partial charge in [-0.3, -0.25) is 18.6 Å². The summed E-state index contributed by atoms with van der Waals surface area (Å²) in [5.41, 5.74) is 1.43. The largest absolute Gasteiger partial charge is 0.341 e. The van der Waals surface area contributed by atoms with E-state index in [0.29, 0.717) is 5.56 Å². The summed E-state index contributed by atoms with van der Waals surface area (Å²) < 4.78 is 12.5. The van der Waals surface area contributed by atoms with Gasteiger partial charge < -0.3 is 10.6 Å². The zero-order valence-corrected chi connectivity index (χ0v) is 16.7. The quantitative estimate of drug-likeness (QED) is 0.480. The molecule has 1 unspecified atom stereocenters. The molecule has 0 aliphatic heterocycles. The maximum absolute atomic E-state index is 12.6. The van der Waals surface area contributed by atoms with E-state index in [0.717, 1.165) is 5.56 Å². The third-order valence-electron chi connectivity index (χ3n) is 4.02. The van der Waals surface area contributed by atoms with Gasteiger partial charge in [0, 0.05) is 27.7 Å². The van der Waals surface area contributed by atoms with Gasteiger partial charge in [0.15, 0.2) is 5.78 Å². The Bertz CT molecular complexity index is 954. The first-order valence-corrected chi connectivity index (χ1v) is 10.3. The molecule has 0 saturated carbocycles. The molecule has 0 spiro atoms. The van der Waals surface area contributed by atoms with Gasteiger partial charge in [0.2, 0.25) is 5.91 Å². The van der Waals surface area contributed by atoms with Crippen molar-refractivity contribution < 1.29 is 18.6 Å². The number of nitrogens with one attached hydrogen (secondary N) is 2. The van der Waals surface area contributed by atoms with Gasteiger partial charge in [-0.1, -0.05) is 42.5 Å². The fourth-order valence-electron chi connectivity index (χ4n) is 2.56. The van der Waals surface area contributed by atoms with Crippen LogP contribution >= 0.6 is 0 Å². The monoisotopic (exact) mass is 411 g/mol. The standard InChI is InChI=1S/C21H21N3O4S/c1-15(25)17-8-5-9-18(12-17)20(26)24-19(21(27)23-11-10-22)14-29(28)13-16-6-3-2-4-7-16/h2-9,12,19H,11,13-14H2,1H3,(H,23,27)(H,24,26)/t19-,29?/m0/s1. The average Bonchev–Trinajstić information content (AvgIpc) is 2.72. The molecule has 7 nitrogen and oxygen atoms in total. The predicted molar refractivity (Wildman–Crippen MR) is 109 cm³/mol. The molecule has 2 N–H and O–H groups in total. The van der Waals surface area contributed by atoms with Gasteiger partial charge in [0.25, 0.3) is 5.91 Å². The lowest BCUT2D eigenvalue weighted by Crippen LogP contribution is -2.49. The van der Waals surface area contributed by atoms with Crippen LogP contribution in [0.2, 0.25) is 0 Å². The van der Waals surface area contributed by atoms with Gasteiger partial charge in [0.1, 0.15) is 12.6 Å². The maximum atomic E-state index is 12.6. The summed E-state index contributed by atoms with van der Waals surface area (Å²) in [7, 11) is -1.42. The van der Waals surface area contributed by atoms with Crippen molar-refractivity contribution in [2.24, 2.45) is 0 Å². The van der Waals surface area contributed by atoms with E-state index < -0.39 is 28.7 Å². The number of carbonyl (C=O) groups excluding carboxylic acids is 3. The molecule has 0 fully saturated rings. The molecule has 8 heteroatoms. The van der Waals surface area contributed by atoms with E-state index in [4.69, 9.17) is 5.26 Å². The molecule has 2 aromatic carbocycles. The van der Waals surface area contributed by atoms with Crippen LogP contribution in [0.3, 0.4) is 0 Å². The van der Waals surface area contributed by atoms with E-state index in [9.17, 15) is 18.6 Å². The van der Waals surface area contributed by atoms with E-state index in [2.05, 4.69) is 10.6 Å². The number of nitriles is 1. The molecule has 2 aromatic rings. The molecular formula is C21H21N3O4S. The number of hydrogen-bond acceptors (Lipinski definition) is 5. The molecule has 0 heterocycles.